The minimum atomic E-state index is 0.573. The number of hydrogen-bond donors (Lipinski definition) is 1. The smallest absolute Gasteiger partial charge is 0.0996 e. The van der Waals surface area contributed by atoms with E-state index in [0.29, 0.717) is 6.61 Å². The van der Waals surface area contributed by atoms with Gasteiger partial charge in [0.15, 0.2) is 0 Å². The second kappa shape index (κ2) is 6.80. The average molecular weight is 293 g/mol. The molecule has 0 unspecified atom stereocenters. The first-order valence-corrected chi connectivity index (χ1v) is 8.01. The largest absolute Gasteiger partial charge is 0.271 e. The molecule has 0 spiro atoms. The van der Waals surface area contributed by atoms with Gasteiger partial charge in [-0.15, -0.1) is 0 Å². The normalized spacial score (nSPS) is 13.1. The van der Waals surface area contributed by atoms with Gasteiger partial charge >= 0.3 is 0 Å². The van der Waals surface area contributed by atoms with Gasteiger partial charge in [0.1, 0.15) is 0 Å². The minimum Gasteiger partial charge on any atom is -0.271 e. The van der Waals surface area contributed by atoms with E-state index in [1.54, 1.807) is 0 Å². The first-order chi connectivity index (χ1) is 10.8. The molecule has 1 fully saturated rings. The van der Waals surface area contributed by atoms with E-state index < -0.39 is 0 Å². The highest BCUT2D eigenvalue weighted by atomic mass is 16.6. The molecule has 0 amide bonds. The van der Waals surface area contributed by atoms with Crippen molar-refractivity contribution < 1.29 is 4.84 Å². The van der Waals surface area contributed by atoms with Crippen LogP contribution in [-0.2, 0) is 17.9 Å². The minimum absolute atomic E-state index is 0.573. The van der Waals surface area contributed by atoms with Crippen molar-refractivity contribution in [2.45, 2.75) is 39.7 Å². The molecule has 22 heavy (non-hydrogen) atoms. The molecule has 0 bridgehead atoms. The van der Waals surface area contributed by atoms with Crippen LogP contribution >= 0.6 is 0 Å². The fourth-order valence-corrected chi connectivity index (χ4v) is 2.66. The third kappa shape index (κ3) is 3.58. The standard InChI is InChI=1S/C20H23NO/c1-3-17-9-12-19(13-15(17)2)20(18-10-11-18)21-22-14-16-7-5-4-6-8-16/h4-9,12-13,21H,3,10-11,14H2,1-2H3. The van der Waals surface area contributed by atoms with Crippen molar-refractivity contribution in [1.82, 2.24) is 5.48 Å². The van der Waals surface area contributed by atoms with Crippen molar-refractivity contribution in [3.63, 3.8) is 0 Å². The molecule has 0 saturated heterocycles. The van der Waals surface area contributed by atoms with Crippen LogP contribution in [0.3, 0.4) is 0 Å². The summed E-state index contributed by atoms with van der Waals surface area (Å²) in [6.45, 7) is 4.95. The molecule has 0 aromatic heterocycles. The van der Waals surface area contributed by atoms with Crippen LogP contribution in [0.1, 0.15) is 42.0 Å². The zero-order valence-electron chi connectivity index (χ0n) is 13.4. The Hall–Kier alpha value is -2.06. The predicted molar refractivity (Wildman–Crippen MR) is 91.1 cm³/mol. The van der Waals surface area contributed by atoms with Crippen LogP contribution in [0.15, 0.2) is 54.1 Å². The third-order valence-electron chi connectivity index (χ3n) is 4.12. The van der Waals surface area contributed by atoms with E-state index in [4.69, 9.17) is 4.84 Å². The molecule has 2 aromatic carbocycles. The fourth-order valence-electron chi connectivity index (χ4n) is 2.66. The Morgan fingerprint density at radius 3 is 2.50 bits per heavy atom. The van der Waals surface area contributed by atoms with Crippen LogP contribution < -0.4 is 5.48 Å². The Morgan fingerprint density at radius 2 is 1.86 bits per heavy atom. The lowest BCUT2D eigenvalue weighted by Crippen LogP contribution is -2.13. The molecule has 3 rings (SSSR count). The highest BCUT2D eigenvalue weighted by Gasteiger charge is 2.19. The maximum atomic E-state index is 5.73. The SMILES string of the molecule is CCc1ccc(C(NOCc2ccccc2)=C2CC2)cc1C. The third-order valence-corrected chi connectivity index (χ3v) is 4.12. The molecule has 114 valence electrons. The predicted octanol–water partition coefficient (Wildman–Crippen LogP) is 4.78. The van der Waals surface area contributed by atoms with E-state index in [0.717, 1.165) is 12.1 Å². The van der Waals surface area contributed by atoms with Crippen LogP contribution in [0, 0.1) is 6.92 Å². The molecule has 0 heterocycles. The van der Waals surface area contributed by atoms with Crippen molar-refractivity contribution in [1.29, 1.82) is 0 Å². The highest BCUT2D eigenvalue weighted by molar-refractivity contribution is 5.70. The second-order valence-electron chi connectivity index (χ2n) is 5.85. The Morgan fingerprint density at radius 1 is 1.09 bits per heavy atom. The van der Waals surface area contributed by atoms with Gasteiger partial charge in [-0.2, -0.15) is 0 Å². The summed E-state index contributed by atoms with van der Waals surface area (Å²) in [4.78, 5) is 5.73. The Labute approximate surface area is 132 Å². The van der Waals surface area contributed by atoms with Crippen molar-refractivity contribution in [3.05, 3.63) is 76.4 Å². The summed E-state index contributed by atoms with van der Waals surface area (Å²) in [5, 5.41) is 0. The van der Waals surface area contributed by atoms with Crippen LogP contribution in [0.4, 0.5) is 0 Å². The van der Waals surface area contributed by atoms with Crippen LogP contribution in [-0.4, -0.2) is 0 Å². The zero-order chi connectivity index (χ0) is 15.4. The Bertz CT molecular complexity index is 667. The summed E-state index contributed by atoms with van der Waals surface area (Å²) in [6.07, 6.45) is 3.42. The van der Waals surface area contributed by atoms with Gasteiger partial charge in [-0.25, -0.2) is 0 Å². The van der Waals surface area contributed by atoms with Gasteiger partial charge in [-0.05, 0) is 54.5 Å². The van der Waals surface area contributed by atoms with E-state index in [1.807, 2.05) is 18.2 Å². The lowest BCUT2D eigenvalue weighted by Gasteiger charge is -2.13. The topological polar surface area (TPSA) is 21.3 Å². The molecule has 1 aliphatic rings. The van der Waals surface area contributed by atoms with Crippen molar-refractivity contribution >= 4 is 5.70 Å². The van der Waals surface area contributed by atoms with Gasteiger partial charge in [-0.1, -0.05) is 49.4 Å². The van der Waals surface area contributed by atoms with Gasteiger partial charge < -0.3 is 0 Å². The monoisotopic (exact) mass is 293 g/mol. The first-order valence-electron chi connectivity index (χ1n) is 8.01. The van der Waals surface area contributed by atoms with E-state index in [-0.39, 0.29) is 0 Å². The van der Waals surface area contributed by atoms with Crippen molar-refractivity contribution in [2.24, 2.45) is 0 Å². The molecule has 2 nitrogen and oxygen atoms in total. The number of allylic oxidation sites excluding steroid dienone is 1. The number of benzene rings is 2. The highest BCUT2D eigenvalue weighted by Crippen LogP contribution is 2.35. The van der Waals surface area contributed by atoms with Crippen LogP contribution in [0.2, 0.25) is 0 Å². The summed E-state index contributed by atoms with van der Waals surface area (Å²) in [5.41, 5.74) is 11.0. The molecule has 0 aliphatic heterocycles. The van der Waals surface area contributed by atoms with Crippen LogP contribution in [0.25, 0.3) is 5.70 Å². The lowest BCUT2D eigenvalue weighted by molar-refractivity contribution is 0.0644. The Kier molecular flexibility index (Phi) is 4.59. The summed E-state index contributed by atoms with van der Waals surface area (Å²) >= 11 is 0. The number of hydrogen-bond acceptors (Lipinski definition) is 2. The Balaban J connectivity index is 1.69. The average Bonchev–Trinajstić information content (AvgIpc) is 3.37. The quantitative estimate of drug-likeness (QED) is 0.774. The molecule has 0 atom stereocenters. The van der Waals surface area contributed by atoms with Crippen molar-refractivity contribution in [2.75, 3.05) is 0 Å². The summed E-state index contributed by atoms with van der Waals surface area (Å²) < 4.78 is 0. The molecule has 1 aliphatic carbocycles. The lowest BCUT2D eigenvalue weighted by atomic mass is 10.0. The van der Waals surface area contributed by atoms with Gasteiger partial charge in [-0.3, -0.25) is 10.3 Å². The van der Waals surface area contributed by atoms with Gasteiger partial charge in [0.05, 0.1) is 12.3 Å². The molecular weight excluding hydrogens is 270 g/mol. The maximum absolute atomic E-state index is 5.73. The summed E-state index contributed by atoms with van der Waals surface area (Å²) in [6, 6.07) is 16.9. The molecule has 0 radical (unpaired) electrons. The molecule has 2 heteroatoms. The maximum Gasteiger partial charge on any atom is 0.0996 e. The van der Waals surface area contributed by atoms with Gasteiger partial charge in [0.25, 0.3) is 0 Å². The van der Waals surface area contributed by atoms with Gasteiger partial charge in [0.2, 0.25) is 0 Å². The second-order valence-corrected chi connectivity index (χ2v) is 5.85. The molecular formula is C20H23NO. The van der Waals surface area contributed by atoms with Crippen LogP contribution in [0.5, 0.6) is 0 Å². The number of rotatable bonds is 6. The van der Waals surface area contributed by atoms with E-state index in [1.165, 1.54) is 40.7 Å². The van der Waals surface area contributed by atoms with E-state index >= 15 is 0 Å². The zero-order valence-corrected chi connectivity index (χ0v) is 13.4. The van der Waals surface area contributed by atoms with E-state index in [2.05, 4.69) is 49.7 Å². The first kappa shape index (κ1) is 14.9. The summed E-state index contributed by atoms with van der Waals surface area (Å²) in [5.74, 6) is 0. The fraction of sp³-hybridized carbons (Fsp3) is 0.300. The molecule has 1 saturated carbocycles. The van der Waals surface area contributed by atoms with Gasteiger partial charge in [0, 0.05) is 5.56 Å². The van der Waals surface area contributed by atoms with E-state index in [9.17, 15) is 0 Å². The number of nitrogens with one attached hydrogen (secondary N) is 1. The number of hydroxylamine groups is 1. The molecule has 2 aromatic rings. The molecule has 1 N–H and O–H groups in total. The summed E-state index contributed by atoms with van der Waals surface area (Å²) in [7, 11) is 0. The number of aryl methyl sites for hydroxylation is 2. The van der Waals surface area contributed by atoms with Crippen molar-refractivity contribution in [3.8, 4) is 0 Å².